The Labute approximate surface area is 171 Å². The van der Waals surface area contributed by atoms with E-state index >= 15 is 0 Å². The van der Waals surface area contributed by atoms with Crippen LogP contribution in [0.3, 0.4) is 0 Å². The SMILES string of the molecule is CCCCC/C=C\C/C=C\CCCCCCCC(=O)N[C@@H](CCCN)C(=O)O. The summed E-state index contributed by atoms with van der Waals surface area (Å²) >= 11 is 0. The van der Waals surface area contributed by atoms with E-state index < -0.39 is 12.0 Å². The van der Waals surface area contributed by atoms with Crippen molar-refractivity contribution in [3.63, 3.8) is 0 Å². The van der Waals surface area contributed by atoms with Crippen LogP contribution in [-0.2, 0) is 9.59 Å². The van der Waals surface area contributed by atoms with Gasteiger partial charge in [0.1, 0.15) is 6.04 Å². The van der Waals surface area contributed by atoms with Crippen LogP contribution < -0.4 is 11.1 Å². The minimum atomic E-state index is -0.984. The zero-order valence-corrected chi connectivity index (χ0v) is 17.8. The van der Waals surface area contributed by atoms with Crippen LogP contribution in [0.4, 0.5) is 0 Å². The van der Waals surface area contributed by atoms with Gasteiger partial charge in [-0.3, -0.25) is 4.79 Å². The highest BCUT2D eigenvalue weighted by molar-refractivity contribution is 5.83. The summed E-state index contributed by atoms with van der Waals surface area (Å²) < 4.78 is 0. The lowest BCUT2D eigenvalue weighted by Gasteiger charge is -2.13. The predicted molar refractivity (Wildman–Crippen MR) is 117 cm³/mol. The number of carbonyl (C=O) groups excluding carboxylic acids is 1. The molecule has 0 heterocycles. The van der Waals surface area contributed by atoms with Gasteiger partial charge in [-0.2, -0.15) is 0 Å². The molecule has 5 heteroatoms. The van der Waals surface area contributed by atoms with Crippen molar-refractivity contribution < 1.29 is 14.7 Å². The van der Waals surface area contributed by atoms with E-state index in [1.807, 2.05) is 0 Å². The largest absolute Gasteiger partial charge is 0.480 e. The molecule has 1 atom stereocenters. The van der Waals surface area contributed by atoms with Crippen molar-refractivity contribution in [3.8, 4) is 0 Å². The first-order valence-electron chi connectivity index (χ1n) is 11.1. The second kappa shape index (κ2) is 20.1. The second-order valence-corrected chi connectivity index (χ2v) is 7.37. The first-order valence-corrected chi connectivity index (χ1v) is 11.1. The molecule has 0 aromatic carbocycles. The number of carboxylic acids is 1. The summed E-state index contributed by atoms with van der Waals surface area (Å²) in [5.41, 5.74) is 5.39. The maximum atomic E-state index is 11.8. The summed E-state index contributed by atoms with van der Waals surface area (Å²) in [6.45, 7) is 2.66. The quantitative estimate of drug-likeness (QED) is 0.210. The average molecular weight is 395 g/mol. The lowest BCUT2D eigenvalue weighted by molar-refractivity contribution is -0.142. The molecule has 0 saturated carbocycles. The third-order valence-electron chi connectivity index (χ3n) is 4.68. The Morgan fingerprint density at radius 1 is 0.893 bits per heavy atom. The van der Waals surface area contributed by atoms with Crippen LogP contribution in [0, 0.1) is 0 Å². The molecular weight excluding hydrogens is 352 g/mol. The summed E-state index contributed by atoms with van der Waals surface area (Å²) in [5.74, 6) is -1.16. The summed E-state index contributed by atoms with van der Waals surface area (Å²) in [6, 6.07) is -0.811. The Bertz CT molecular complexity index is 447. The maximum Gasteiger partial charge on any atom is 0.326 e. The number of hydrogen-bond acceptors (Lipinski definition) is 3. The third kappa shape index (κ3) is 17.8. The number of aliphatic carboxylic acids is 1. The fraction of sp³-hybridized carbons (Fsp3) is 0.739. The fourth-order valence-electron chi connectivity index (χ4n) is 2.94. The van der Waals surface area contributed by atoms with E-state index in [9.17, 15) is 9.59 Å². The maximum absolute atomic E-state index is 11.8. The molecule has 0 aliphatic heterocycles. The van der Waals surface area contributed by atoms with Crippen molar-refractivity contribution in [3.05, 3.63) is 24.3 Å². The second-order valence-electron chi connectivity index (χ2n) is 7.37. The first kappa shape index (κ1) is 26.4. The summed E-state index contributed by atoms with van der Waals surface area (Å²) in [4.78, 5) is 22.9. The van der Waals surface area contributed by atoms with Crippen molar-refractivity contribution >= 4 is 11.9 Å². The molecule has 4 N–H and O–H groups in total. The molecule has 0 rings (SSSR count). The number of hydrogen-bond donors (Lipinski definition) is 3. The lowest BCUT2D eigenvalue weighted by atomic mass is 10.1. The molecule has 0 saturated heterocycles. The molecule has 0 aromatic heterocycles. The molecular formula is C23H42N2O3. The van der Waals surface area contributed by atoms with Gasteiger partial charge in [-0.1, -0.05) is 63.3 Å². The van der Waals surface area contributed by atoms with Gasteiger partial charge in [0.15, 0.2) is 0 Å². The topological polar surface area (TPSA) is 92.4 Å². The van der Waals surface area contributed by atoms with Crippen LogP contribution in [0.15, 0.2) is 24.3 Å². The Hall–Kier alpha value is -1.62. The van der Waals surface area contributed by atoms with E-state index in [2.05, 4.69) is 36.5 Å². The minimum Gasteiger partial charge on any atom is -0.480 e. The van der Waals surface area contributed by atoms with E-state index in [1.165, 1.54) is 38.5 Å². The van der Waals surface area contributed by atoms with Crippen LogP contribution in [-0.4, -0.2) is 29.6 Å². The molecule has 0 fully saturated rings. The van der Waals surface area contributed by atoms with Crippen LogP contribution in [0.25, 0.3) is 0 Å². The smallest absolute Gasteiger partial charge is 0.326 e. The molecule has 0 aromatic rings. The minimum absolute atomic E-state index is 0.171. The van der Waals surface area contributed by atoms with Gasteiger partial charge in [0, 0.05) is 6.42 Å². The Kier molecular flexibility index (Phi) is 19.0. The average Bonchev–Trinajstić information content (AvgIpc) is 2.67. The predicted octanol–water partition coefficient (Wildman–Crippen LogP) is 5.11. The summed E-state index contributed by atoms with van der Waals surface area (Å²) in [5, 5.41) is 11.7. The number of allylic oxidation sites excluding steroid dienone is 4. The highest BCUT2D eigenvalue weighted by Gasteiger charge is 2.18. The molecule has 0 aliphatic rings. The van der Waals surface area contributed by atoms with Crippen molar-refractivity contribution in [2.75, 3.05) is 6.54 Å². The Morgan fingerprint density at radius 2 is 1.50 bits per heavy atom. The van der Waals surface area contributed by atoms with Gasteiger partial charge in [-0.25, -0.2) is 4.79 Å². The van der Waals surface area contributed by atoms with Crippen molar-refractivity contribution in [2.24, 2.45) is 5.73 Å². The van der Waals surface area contributed by atoms with Gasteiger partial charge in [0.2, 0.25) is 5.91 Å². The number of nitrogens with two attached hydrogens (primary N) is 1. The van der Waals surface area contributed by atoms with E-state index in [0.29, 0.717) is 25.8 Å². The van der Waals surface area contributed by atoms with Crippen molar-refractivity contribution in [2.45, 2.75) is 103 Å². The zero-order chi connectivity index (χ0) is 20.9. The summed E-state index contributed by atoms with van der Waals surface area (Å²) in [6.07, 6.45) is 23.0. The number of carboxylic acid groups (broad SMARTS) is 1. The number of amides is 1. The monoisotopic (exact) mass is 394 g/mol. The molecule has 0 radical (unpaired) electrons. The van der Waals surface area contributed by atoms with Crippen LogP contribution >= 0.6 is 0 Å². The lowest BCUT2D eigenvalue weighted by Crippen LogP contribution is -2.40. The molecule has 0 spiro atoms. The number of nitrogens with one attached hydrogen (secondary N) is 1. The molecule has 1 amide bonds. The normalized spacial score (nSPS) is 12.6. The van der Waals surface area contributed by atoms with Gasteiger partial charge >= 0.3 is 5.97 Å². The van der Waals surface area contributed by atoms with Crippen LogP contribution in [0.1, 0.15) is 96.8 Å². The third-order valence-corrected chi connectivity index (χ3v) is 4.68. The van der Waals surface area contributed by atoms with Gasteiger partial charge in [-0.15, -0.1) is 0 Å². The highest BCUT2D eigenvalue weighted by atomic mass is 16.4. The standard InChI is InChI=1S/C23H42N2O3/c1-2-3-4-5-6-7-8-9-10-11-12-13-14-15-16-19-22(26)25-21(23(27)28)18-17-20-24/h6-7,9-10,21H,2-5,8,11-20,24H2,1H3,(H,25,26)(H,27,28)/b7-6-,10-9-/t21-/m0/s1. The Balaban J connectivity index is 3.54. The molecule has 0 aliphatic carbocycles. The number of carbonyl (C=O) groups is 2. The number of unbranched alkanes of at least 4 members (excludes halogenated alkanes) is 8. The first-order chi connectivity index (χ1) is 13.6. The van der Waals surface area contributed by atoms with Crippen LogP contribution in [0.5, 0.6) is 0 Å². The fourth-order valence-corrected chi connectivity index (χ4v) is 2.94. The molecule has 0 bridgehead atoms. The highest BCUT2D eigenvalue weighted by Crippen LogP contribution is 2.08. The van der Waals surface area contributed by atoms with Gasteiger partial charge in [0.25, 0.3) is 0 Å². The summed E-state index contributed by atoms with van der Waals surface area (Å²) in [7, 11) is 0. The van der Waals surface area contributed by atoms with E-state index in [4.69, 9.17) is 10.8 Å². The van der Waals surface area contributed by atoms with Gasteiger partial charge in [0.05, 0.1) is 0 Å². The van der Waals surface area contributed by atoms with E-state index in [0.717, 1.165) is 32.1 Å². The van der Waals surface area contributed by atoms with E-state index in [1.54, 1.807) is 0 Å². The van der Waals surface area contributed by atoms with Crippen LogP contribution in [0.2, 0.25) is 0 Å². The van der Waals surface area contributed by atoms with Gasteiger partial charge < -0.3 is 16.2 Å². The molecule has 5 nitrogen and oxygen atoms in total. The molecule has 28 heavy (non-hydrogen) atoms. The van der Waals surface area contributed by atoms with Crippen molar-refractivity contribution in [1.29, 1.82) is 0 Å². The Morgan fingerprint density at radius 3 is 2.11 bits per heavy atom. The van der Waals surface area contributed by atoms with E-state index in [-0.39, 0.29) is 5.91 Å². The number of rotatable bonds is 19. The molecule has 162 valence electrons. The zero-order valence-electron chi connectivity index (χ0n) is 17.8. The van der Waals surface area contributed by atoms with Crippen molar-refractivity contribution in [1.82, 2.24) is 5.32 Å². The van der Waals surface area contributed by atoms with Gasteiger partial charge in [-0.05, 0) is 57.9 Å². The molecule has 0 unspecified atom stereocenters.